The van der Waals surface area contributed by atoms with E-state index in [1.807, 2.05) is 6.08 Å². The number of hydrogen-bond acceptors (Lipinski definition) is 5. The summed E-state index contributed by atoms with van der Waals surface area (Å²) in [5.41, 5.74) is 0. The van der Waals surface area contributed by atoms with E-state index in [0.29, 0.717) is 19.4 Å². The average molecular weight is 1220 g/mol. The molecule has 0 aromatic carbocycles. The molecule has 0 aromatic rings. The van der Waals surface area contributed by atoms with Crippen LogP contribution in [0.4, 0.5) is 0 Å². The summed E-state index contributed by atoms with van der Waals surface area (Å²) in [6, 6.07) is -0.632. The van der Waals surface area contributed by atoms with Crippen LogP contribution in [0.25, 0.3) is 0 Å². The zero-order valence-corrected chi connectivity index (χ0v) is 58.8. The van der Waals surface area contributed by atoms with E-state index in [2.05, 4.69) is 55.6 Å². The molecule has 1 amide bonds. The van der Waals surface area contributed by atoms with E-state index >= 15 is 0 Å². The molecule has 0 saturated heterocycles. The van der Waals surface area contributed by atoms with Crippen LogP contribution in [0.1, 0.15) is 431 Å². The smallest absolute Gasteiger partial charge is 0.305 e. The molecule has 0 radical (unpaired) electrons. The maximum Gasteiger partial charge on any atom is 0.305 e. The molecule has 0 heterocycles. The molecule has 512 valence electrons. The quantitative estimate of drug-likeness (QED) is 0.0320. The van der Waals surface area contributed by atoms with Gasteiger partial charge < -0.3 is 20.3 Å². The van der Waals surface area contributed by atoms with Crippen molar-refractivity contribution in [2.75, 3.05) is 13.2 Å². The molecule has 0 aromatic heterocycles. The first-order valence-electron chi connectivity index (χ1n) is 39.4. The molecule has 0 fully saturated rings. The summed E-state index contributed by atoms with van der Waals surface area (Å²) >= 11 is 0. The van der Waals surface area contributed by atoms with Gasteiger partial charge in [0, 0.05) is 12.8 Å². The molecule has 0 aliphatic rings. The van der Waals surface area contributed by atoms with Crippen molar-refractivity contribution >= 4 is 11.9 Å². The number of ether oxygens (including phenoxy) is 1. The minimum absolute atomic E-state index is 0.0108. The largest absolute Gasteiger partial charge is 0.466 e. The van der Waals surface area contributed by atoms with E-state index in [1.54, 1.807) is 6.08 Å². The Bertz CT molecular complexity index is 1450. The van der Waals surface area contributed by atoms with Gasteiger partial charge >= 0.3 is 5.97 Å². The Morgan fingerprint density at radius 2 is 0.575 bits per heavy atom. The molecule has 0 aliphatic carbocycles. The molecule has 2 atom stereocenters. The van der Waals surface area contributed by atoms with Crippen LogP contribution in [0.3, 0.4) is 0 Å². The van der Waals surface area contributed by atoms with Crippen molar-refractivity contribution in [3.63, 3.8) is 0 Å². The van der Waals surface area contributed by atoms with Crippen LogP contribution >= 0.6 is 0 Å². The molecule has 87 heavy (non-hydrogen) atoms. The van der Waals surface area contributed by atoms with Gasteiger partial charge in [-0.3, -0.25) is 9.59 Å². The summed E-state index contributed by atoms with van der Waals surface area (Å²) in [4.78, 5) is 24.7. The van der Waals surface area contributed by atoms with Crippen LogP contribution in [0.15, 0.2) is 48.6 Å². The van der Waals surface area contributed by atoms with Crippen LogP contribution in [0, 0.1) is 0 Å². The predicted octanol–water partition coefficient (Wildman–Crippen LogP) is 26.0. The van der Waals surface area contributed by atoms with Gasteiger partial charge in [0.2, 0.25) is 5.91 Å². The van der Waals surface area contributed by atoms with Crippen LogP contribution in [-0.2, 0) is 14.3 Å². The number of esters is 1. The van der Waals surface area contributed by atoms with Gasteiger partial charge in [-0.2, -0.15) is 0 Å². The Hall–Kier alpha value is -2.18. The maximum atomic E-state index is 12.6. The average Bonchev–Trinajstić information content (AvgIpc) is 3.53. The fourth-order valence-electron chi connectivity index (χ4n) is 12.3. The first kappa shape index (κ1) is 84.8. The lowest BCUT2D eigenvalue weighted by atomic mass is 10.0. The topological polar surface area (TPSA) is 95.9 Å². The number of carbonyl (C=O) groups excluding carboxylic acids is 2. The van der Waals surface area contributed by atoms with Gasteiger partial charge in [0.25, 0.3) is 0 Å². The lowest BCUT2D eigenvalue weighted by Crippen LogP contribution is -2.45. The second-order valence-corrected chi connectivity index (χ2v) is 27.0. The molecule has 0 saturated carbocycles. The Morgan fingerprint density at radius 1 is 0.322 bits per heavy atom. The Labute approximate surface area is 544 Å². The summed E-state index contributed by atoms with van der Waals surface area (Å²) in [6.07, 6.45) is 101. The third kappa shape index (κ3) is 72.8. The van der Waals surface area contributed by atoms with Crippen LogP contribution in [-0.4, -0.2) is 47.4 Å². The van der Waals surface area contributed by atoms with Gasteiger partial charge in [-0.15, -0.1) is 0 Å². The van der Waals surface area contributed by atoms with Crippen LogP contribution in [0.5, 0.6) is 0 Å². The van der Waals surface area contributed by atoms with Crippen molar-refractivity contribution in [3.8, 4) is 0 Å². The Balaban J connectivity index is 3.41. The van der Waals surface area contributed by atoms with Gasteiger partial charge in [-0.1, -0.05) is 377 Å². The first-order chi connectivity index (χ1) is 43.0. The molecule has 6 heteroatoms. The molecule has 0 bridgehead atoms. The van der Waals surface area contributed by atoms with E-state index in [1.165, 1.54) is 353 Å². The van der Waals surface area contributed by atoms with E-state index in [0.717, 1.165) is 51.4 Å². The van der Waals surface area contributed by atoms with E-state index < -0.39 is 12.1 Å². The molecular weight excluding hydrogens is 1070 g/mol. The fraction of sp³-hybridized carbons (Fsp3) is 0.877. The van der Waals surface area contributed by atoms with E-state index in [9.17, 15) is 19.8 Å². The molecule has 0 aliphatic heterocycles. The molecule has 2 unspecified atom stereocenters. The van der Waals surface area contributed by atoms with E-state index in [-0.39, 0.29) is 18.5 Å². The lowest BCUT2D eigenvalue weighted by Gasteiger charge is -2.20. The summed E-state index contributed by atoms with van der Waals surface area (Å²) in [6.45, 7) is 4.92. The molecule has 6 nitrogen and oxygen atoms in total. The standard InChI is InChI=1S/C81H153NO5/c1-3-5-7-9-11-13-15-17-19-21-23-24-25-28-31-34-38-41-45-49-53-57-61-65-69-73-79(84)78(77-83)82-80(85)74-70-66-62-58-54-50-46-42-39-35-32-29-26-27-30-33-36-40-44-48-52-56-60-64-68-72-76-87-81(86)75-71-67-63-59-55-51-47-43-37-22-20-18-16-14-12-10-8-6-4-2/h12,14,18,20,26,29,69,73,78-79,83-84H,3-11,13,15-17,19,21-25,27-28,30-68,70-72,74-77H2,1-2H3,(H,82,85)/b14-12-,20-18-,29-26-,73-69+. The Morgan fingerprint density at radius 3 is 0.908 bits per heavy atom. The van der Waals surface area contributed by atoms with Crippen molar-refractivity contribution in [1.29, 1.82) is 0 Å². The normalized spacial score (nSPS) is 12.7. The number of nitrogens with one attached hydrogen (secondary N) is 1. The number of unbranched alkanes of at least 4 members (excludes halogenated alkanes) is 57. The zero-order chi connectivity index (χ0) is 62.8. The third-order valence-corrected chi connectivity index (χ3v) is 18.3. The summed E-state index contributed by atoms with van der Waals surface area (Å²) < 4.78 is 5.51. The molecule has 0 spiro atoms. The van der Waals surface area contributed by atoms with Crippen molar-refractivity contribution in [2.24, 2.45) is 0 Å². The van der Waals surface area contributed by atoms with Crippen molar-refractivity contribution in [2.45, 2.75) is 443 Å². The van der Waals surface area contributed by atoms with Gasteiger partial charge in [0.15, 0.2) is 0 Å². The van der Waals surface area contributed by atoms with Crippen LogP contribution in [0.2, 0.25) is 0 Å². The summed E-state index contributed by atoms with van der Waals surface area (Å²) in [7, 11) is 0. The molecular formula is C81H153NO5. The van der Waals surface area contributed by atoms with Gasteiger partial charge in [0.1, 0.15) is 0 Å². The predicted molar refractivity (Wildman–Crippen MR) is 384 cm³/mol. The third-order valence-electron chi connectivity index (χ3n) is 18.3. The van der Waals surface area contributed by atoms with Gasteiger partial charge in [0.05, 0.1) is 25.4 Å². The highest BCUT2D eigenvalue weighted by Crippen LogP contribution is 2.19. The first-order valence-corrected chi connectivity index (χ1v) is 39.4. The highest BCUT2D eigenvalue weighted by molar-refractivity contribution is 5.76. The number of allylic oxidation sites excluding steroid dienone is 7. The van der Waals surface area contributed by atoms with E-state index in [4.69, 9.17) is 4.74 Å². The van der Waals surface area contributed by atoms with Crippen molar-refractivity contribution < 1.29 is 24.5 Å². The van der Waals surface area contributed by atoms with Gasteiger partial charge in [-0.05, 0) is 89.9 Å². The summed E-state index contributed by atoms with van der Waals surface area (Å²) in [5, 5.41) is 23.3. The lowest BCUT2D eigenvalue weighted by molar-refractivity contribution is -0.143. The second kappa shape index (κ2) is 76.3. The second-order valence-electron chi connectivity index (χ2n) is 27.0. The van der Waals surface area contributed by atoms with Crippen LogP contribution < -0.4 is 5.32 Å². The maximum absolute atomic E-state index is 12.6. The fourth-order valence-corrected chi connectivity index (χ4v) is 12.3. The number of amides is 1. The molecule has 3 N–H and O–H groups in total. The van der Waals surface area contributed by atoms with Gasteiger partial charge in [-0.25, -0.2) is 0 Å². The van der Waals surface area contributed by atoms with Crippen molar-refractivity contribution in [1.82, 2.24) is 5.32 Å². The summed E-state index contributed by atoms with van der Waals surface area (Å²) in [5.74, 6) is -0.0547. The highest BCUT2D eigenvalue weighted by Gasteiger charge is 2.18. The molecule has 0 rings (SSSR count). The Kier molecular flexibility index (Phi) is 74.4. The minimum Gasteiger partial charge on any atom is -0.466 e. The number of aliphatic hydroxyl groups excluding tert-OH is 2. The highest BCUT2D eigenvalue weighted by atomic mass is 16.5. The zero-order valence-electron chi connectivity index (χ0n) is 58.8. The monoisotopic (exact) mass is 1220 g/mol. The number of carbonyl (C=O) groups is 2. The number of rotatable bonds is 74. The van der Waals surface area contributed by atoms with Crippen molar-refractivity contribution in [3.05, 3.63) is 48.6 Å². The number of aliphatic hydroxyl groups is 2. The number of hydrogen-bond donors (Lipinski definition) is 3. The minimum atomic E-state index is -0.848. The SMILES string of the molecule is CCCCC/C=C\C/C=C\CCCCCCCCCCCC(=O)OCCCCCCCCCCCCCC/C=C\CCCCCCCCCCCCC(=O)NC(CO)C(O)/C=C/CCCCCCCCCCCCCCCCCCCCCCCCC.